The van der Waals surface area contributed by atoms with E-state index in [0.717, 1.165) is 36.2 Å². The van der Waals surface area contributed by atoms with Gasteiger partial charge in [0.15, 0.2) is 0 Å². The van der Waals surface area contributed by atoms with Gasteiger partial charge in [0.2, 0.25) is 0 Å². The molecule has 110 valence electrons. The minimum atomic E-state index is 0.156. The van der Waals surface area contributed by atoms with E-state index in [0.29, 0.717) is 6.04 Å². The summed E-state index contributed by atoms with van der Waals surface area (Å²) in [5.41, 5.74) is 3.05. The Morgan fingerprint density at radius 3 is 2.60 bits per heavy atom. The molecule has 2 rings (SSSR count). The van der Waals surface area contributed by atoms with Crippen molar-refractivity contribution in [2.45, 2.75) is 52.0 Å². The van der Waals surface area contributed by atoms with Crippen LogP contribution < -0.4 is 5.32 Å². The third-order valence-electron chi connectivity index (χ3n) is 4.28. The van der Waals surface area contributed by atoms with Crippen LogP contribution in [0.2, 0.25) is 0 Å². The molecule has 1 N–H and O–H groups in total. The van der Waals surface area contributed by atoms with Gasteiger partial charge in [-0.3, -0.25) is 4.79 Å². The number of nitrogens with one attached hydrogen (secondary N) is 1. The second-order valence-corrected chi connectivity index (χ2v) is 5.77. The molecule has 1 saturated carbocycles. The Labute approximate surface area is 122 Å². The number of aryl methyl sites for hydroxylation is 1. The lowest BCUT2D eigenvalue weighted by molar-refractivity contribution is 0.0696. The highest BCUT2D eigenvalue weighted by molar-refractivity contribution is 5.95. The summed E-state index contributed by atoms with van der Waals surface area (Å²) in [5, 5.41) is 3.31. The maximum atomic E-state index is 12.6. The molecule has 3 nitrogen and oxygen atoms in total. The van der Waals surface area contributed by atoms with Crippen LogP contribution >= 0.6 is 0 Å². The van der Waals surface area contributed by atoms with Crippen molar-refractivity contribution in [2.24, 2.45) is 0 Å². The van der Waals surface area contributed by atoms with Crippen molar-refractivity contribution in [2.75, 3.05) is 18.9 Å². The van der Waals surface area contributed by atoms with Gasteiger partial charge in [0.05, 0.1) is 0 Å². The van der Waals surface area contributed by atoms with Crippen LogP contribution in [0.15, 0.2) is 18.2 Å². The van der Waals surface area contributed by atoms with Crippen LogP contribution in [0.5, 0.6) is 0 Å². The summed E-state index contributed by atoms with van der Waals surface area (Å²) >= 11 is 0. The average molecular weight is 274 g/mol. The number of hydrogen-bond donors (Lipinski definition) is 1. The summed E-state index contributed by atoms with van der Waals surface area (Å²) in [6.07, 6.45) is 6.11. The summed E-state index contributed by atoms with van der Waals surface area (Å²) in [5.74, 6) is 0.156. The van der Waals surface area contributed by atoms with Crippen LogP contribution in [0, 0.1) is 6.92 Å². The van der Waals surface area contributed by atoms with E-state index < -0.39 is 0 Å². The van der Waals surface area contributed by atoms with E-state index in [1.54, 1.807) is 0 Å². The molecule has 0 saturated heterocycles. The number of rotatable bonds is 4. The molecule has 3 heteroatoms. The Balaban J connectivity index is 2.09. The number of nitrogens with zero attached hydrogens (tertiary/aromatic N) is 1. The summed E-state index contributed by atoms with van der Waals surface area (Å²) < 4.78 is 0. The smallest absolute Gasteiger partial charge is 0.253 e. The van der Waals surface area contributed by atoms with Gasteiger partial charge in [-0.15, -0.1) is 0 Å². The zero-order valence-corrected chi connectivity index (χ0v) is 12.9. The molecular weight excluding hydrogens is 248 g/mol. The van der Waals surface area contributed by atoms with Gasteiger partial charge in [-0.2, -0.15) is 0 Å². The van der Waals surface area contributed by atoms with Crippen molar-refractivity contribution in [1.29, 1.82) is 0 Å². The molecular formula is C17H26N2O. The van der Waals surface area contributed by atoms with Crippen molar-refractivity contribution in [3.63, 3.8) is 0 Å². The molecule has 0 radical (unpaired) electrons. The number of benzene rings is 1. The highest BCUT2D eigenvalue weighted by Crippen LogP contribution is 2.24. The first-order valence-electron chi connectivity index (χ1n) is 7.75. The lowest BCUT2D eigenvalue weighted by Crippen LogP contribution is -2.38. The van der Waals surface area contributed by atoms with Crippen LogP contribution in [-0.4, -0.2) is 30.4 Å². The topological polar surface area (TPSA) is 32.3 Å². The number of carbonyl (C=O) groups excluding carboxylic acids is 1. The zero-order chi connectivity index (χ0) is 14.5. The summed E-state index contributed by atoms with van der Waals surface area (Å²) in [7, 11) is 1.95. The predicted octanol–water partition coefficient (Wildman–Crippen LogP) is 3.83. The van der Waals surface area contributed by atoms with Crippen LogP contribution in [0.25, 0.3) is 0 Å². The monoisotopic (exact) mass is 274 g/mol. The van der Waals surface area contributed by atoms with E-state index >= 15 is 0 Å². The molecule has 0 spiro atoms. The molecule has 0 unspecified atom stereocenters. The van der Waals surface area contributed by atoms with Gasteiger partial charge in [-0.1, -0.05) is 19.3 Å². The van der Waals surface area contributed by atoms with E-state index in [-0.39, 0.29) is 5.91 Å². The third kappa shape index (κ3) is 3.33. The van der Waals surface area contributed by atoms with Gasteiger partial charge in [0, 0.05) is 30.9 Å². The predicted molar refractivity (Wildman–Crippen MR) is 84.3 cm³/mol. The minimum absolute atomic E-state index is 0.156. The average Bonchev–Trinajstić information content (AvgIpc) is 2.49. The molecule has 0 aromatic heterocycles. The molecule has 1 aliphatic rings. The number of anilines is 1. The summed E-state index contributed by atoms with van der Waals surface area (Å²) in [4.78, 5) is 14.5. The molecule has 0 bridgehead atoms. The first-order chi connectivity index (χ1) is 9.63. The molecule has 1 amide bonds. The highest BCUT2D eigenvalue weighted by atomic mass is 16.2. The van der Waals surface area contributed by atoms with Gasteiger partial charge in [0.25, 0.3) is 5.91 Å². The summed E-state index contributed by atoms with van der Waals surface area (Å²) in [6, 6.07) is 6.37. The minimum Gasteiger partial charge on any atom is -0.385 e. The van der Waals surface area contributed by atoms with Crippen molar-refractivity contribution < 1.29 is 4.79 Å². The van der Waals surface area contributed by atoms with Crippen molar-refractivity contribution in [3.05, 3.63) is 29.3 Å². The molecule has 1 aromatic rings. The maximum absolute atomic E-state index is 12.6. The van der Waals surface area contributed by atoms with Crippen LogP contribution in [0.3, 0.4) is 0 Å². The normalized spacial score (nSPS) is 15.9. The Bertz CT molecular complexity index is 464. The molecule has 1 aliphatic carbocycles. The zero-order valence-electron chi connectivity index (χ0n) is 12.9. The van der Waals surface area contributed by atoms with E-state index in [4.69, 9.17) is 0 Å². The van der Waals surface area contributed by atoms with Crippen molar-refractivity contribution >= 4 is 11.6 Å². The number of hydrogen-bond acceptors (Lipinski definition) is 2. The fourth-order valence-corrected chi connectivity index (χ4v) is 3.02. The molecule has 0 atom stereocenters. The fourth-order valence-electron chi connectivity index (χ4n) is 3.02. The Kier molecular flexibility index (Phi) is 5.05. The molecule has 0 aliphatic heterocycles. The lowest BCUT2D eigenvalue weighted by Gasteiger charge is -2.31. The van der Waals surface area contributed by atoms with E-state index in [1.807, 2.05) is 30.1 Å². The Morgan fingerprint density at radius 1 is 1.30 bits per heavy atom. The molecule has 0 heterocycles. The van der Waals surface area contributed by atoms with Crippen LogP contribution in [0.4, 0.5) is 5.69 Å². The number of carbonyl (C=O) groups is 1. The van der Waals surface area contributed by atoms with Gasteiger partial charge in [-0.25, -0.2) is 0 Å². The van der Waals surface area contributed by atoms with Crippen molar-refractivity contribution in [3.8, 4) is 0 Å². The SMILES string of the molecule is CCNc1ccc(C(=O)N(C)C2CCCCC2)cc1C. The first-order valence-corrected chi connectivity index (χ1v) is 7.75. The molecule has 1 aromatic carbocycles. The van der Waals surface area contributed by atoms with Gasteiger partial charge < -0.3 is 10.2 Å². The van der Waals surface area contributed by atoms with E-state index in [2.05, 4.69) is 19.2 Å². The molecule has 1 fully saturated rings. The Hall–Kier alpha value is -1.51. The second-order valence-electron chi connectivity index (χ2n) is 5.77. The number of amides is 1. The third-order valence-corrected chi connectivity index (χ3v) is 4.28. The summed E-state index contributed by atoms with van der Waals surface area (Å²) in [6.45, 7) is 5.03. The van der Waals surface area contributed by atoms with Gasteiger partial charge in [0.1, 0.15) is 0 Å². The van der Waals surface area contributed by atoms with E-state index in [9.17, 15) is 4.79 Å². The quantitative estimate of drug-likeness (QED) is 0.905. The standard InChI is InChI=1S/C17H26N2O/c1-4-18-16-11-10-14(12-13(16)2)17(20)19(3)15-8-6-5-7-9-15/h10-12,15,18H,4-9H2,1-3H3. The largest absolute Gasteiger partial charge is 0.385 e. The lowest BCUT2D eigenvalue weighted by atomic mass is 9.94. The second kappa shape index (κ2) is 6.78. The maximum Gasteiger partial charge on any atom is 0.253 e. The van der Waals surface area contributed by atoms with E-state index in [1.165, 1.54) is 19.3 Å². The van der Waals surface area contributed by atoms with Crippen LogP contribution in [0.1, 0.15) is 54.9 Å². The molecule has 20 heavy (non-hydrogen) atoms. The van der Waals surface area contributed by atoms with Crippen molar-refractivity contribution in [1.82, 2.24) is 4.90 Å². The fraction of sp³-hybridized carbons (Fsp3) is 0.588. The van der Waals surface area contributed by atoms with Gasteiger partial charge in [-0.05, 0) is 50.5 Å². The van der Waals surface area contributed by atoms with Crippen LogP contribution in [-0.2, 0) is 0 Å². The van der Waals surface area contributed by atoms with Gasteiger partial charge >= 0.3 is 0 Å². The highest BCUT2D eigenvalue weighted by Gasteiger charge is 2.23. The first kappa shape index (κ1) is 14.9. The Morgan fingerprint density at radius 2 is 2.00 bits per heavy atom.